The van der Waals surface area contributed by atoms with Gasteiger partial charge in [-0.25, -0.2) is 19.3 Å². The highest BCUT2D eigenvalue weighted by atomic mass is 127. The van der Waals surface area contributed by atoms with Crippen molar-refractivity contribution in [1.82, 2.24) is 20.3 Å². The molecule has 1 atom stereocenters. The lowest BCUT2D eigenvalue weighted by Gasteiger charge is -2.16. The van der Waals surface area contributed by atoms with Gasteiger partial charge in [-0.1, -0.05) is 18.2 Å². The minimum absolute atomic E-state index is 0.256. The van der Waals surface area contributed by atoms with Gasteiger partial charge < -0.3 is 16.4 Å². The molecule has 0 aliphatic carbocycles. The summed E-state index contributed by atoms with van der Waals surface area (Å²) in [6.07, 6.45) is 3.17. The molecule has 0 aliphatic rings. The zero-order valence-electron chi connectivity index (χ0n) is 19.7. The minimum Gasteiger partial charge on any atom is -0.383 e. The van der Waals surface area contributed by atoms with Crippen molar-refractivity contribution in [3.8, 4) is 10.4 Å². The molecular weight excluding hydrogens is 602 g/mol. The Morgan fingerprint density at radius 2 is 1.89 bits per heavy atom. The molecule has 0 radical (unpaired) electrons. The quantitative estimate of drug-likeness (QED) is 0.187. The molecule has 3 aromatic heterocycles. The van der Waals surface area contributed by atoms with Crippen molar-refractivity contribution in [2.24, 2.45) is 0 Å². The van der Waals surface area contributed by atoms with Crippen LogP contribution in [0.4, 0.5) is 16.0 Å². The standard InChI is InChI=1S/C27H22FIN6OS/c1-15(16-2-5-18(28)6-3-16)35-27(36)22-11-19(29)12-31-26(22)32-13-20-7-9-24(37-20)17-4-8-23-21(10-17)25(30)34-14-33-23/h2-12,14-15H,13H2,1H3,(H,31,32)(H,35,36)(H2,30,33,34)/t15-/m0/s1. The van der Waals surface area contributed by atoms with Crippen LogP contribution in [-0.4, -0.2) is 20.9 Å². The molecule has 0 spiro atoms. The van der Waals surface area contributed by atoms with Crippen molar-refractivity contribution in [1.29, 1.82) is 0 Å². The lowest BCUT2D eigenvalue weighted by Crippen LogP contribution is -2.27. The number of rotatable bonds is 7. The predicted octanol–water partition coefficient (Wildman–Crippen LogP) is 6.18. The molecule has 4 N–H and O–H groups in total. The van der Waals surface area contributed by atoms with E-state index in [9.17, 15) is 9.18 Å². The van der Waals surface area contributed by atoms with Gasteiger partial charge in [-0.3, -0.25) is 4.79 Å². The van der Waals surface area contributed by atoms with E-state index in [-0.39, 0.29) is 17.8 Å². The third-order valence-electron chi connectivity index (χ3n) is 5.86. The van der Waals surface area contributed by atoms with Crippen molar-refractivity contribution in [3.05, 3.63) is 98.6 Å². The number of pyridine rings is 1. The van der Waals surface area contributed by atoms with Gasteiger partial charge in [0.15, 0.2) is 0 Å². The summed E-state index contributed by atoms with van der Waals surface area (Å²) in [6, 6.07) is 17.7. The Kier molecular flexibility index (Phi) is 7.28. The van der Waals surface area contributed by atoms with E-state index in [2.05, 4.69) is 54.2 Å². The second kappa shape index (κ2) is 10.8. The fourth-order valence-corrected chi connectivity index (χ4v) is 5.29. The van der Waals surface area contributed by atoms with E-state index < -0.39 is 0 Å². The lowest BCUT2D eigenvalue weighted by molar-refractivity contribution is 0.0940. The zero-order valence-corrected chi connectivity index (χ0v) is 22.7. The second-order valence-electron chi connectivity index (χ2n) is 8.41. The largest absolute Gasteiger partial charge is 0.383 e. The Balaban J connectivity index is 1.31. The fourth-order valence-electron chi connectivity index (χ4n) is 3.89. The number of aromatic nitrogens is 3. The number of thiophene rings is 1. The third-order valence-corrected chi connectivity index (χ3v) is 7.58. The zero-order chi connectivity index (χ0) is 25.9. The summed E-state index contributed by atoms with van der Waals surface area (Å²) < 4.78 is 14.1. The average Bonchev–Trinajstić information content (AvgIpc) is 3.37. The number of hydrogen-bond donors (Lipinski definition) is 3. The molecule has 37 heavy (non-hydrogen) atoms. The smallest absolute Gasteiger partial charge is 0.255 e. The van der Waals surface area contributed by atoms with E-state index in [1.54, 1.807) is 35.7 Å². The number of carbonyl (C=O) groups excluding carboxylic acids is 1. The highest BCUT2D eigenvalue weighted by Gasteiger charge is 2.17. The first kappa shape index (κ1) is 25.0. The molecule has 5 rings (SSSR count). The van der Waals surface area contributed by atoms with Crippen molar-refractivity contribution < 1.29 is 9.18 Å². The topological polar surface area (TPSA) is 106 Å². The van der Waals surface area contributed by atoms with Gasteiger partial charge in [0.25, 0.3) is 5.91 Å². The number of fused-ring (bicyclic) bond motifs is 1. The Morgan fingerprint density at radius 3 is 2.70 bits per heavy atom. The number of benzene rings is 2. The van der Waals surface area contributed by atoms with Crippen LogP contribution in [0, 0.1) is 9.39 Å². The minimum atomic E-state index is -0.314. The van der Waals surface area contributed by atoms with Crippen LogP contribution in [0.15, 0.2) is 73.2 Å². The number of halogens is 2. The maximum atomic E-state index is 13.3. The number of carbonyl (C=O) groups is 1. The fraction of sp³-hybridized carbons (Fsp3) is 0.111. The summed E-state index contributed by atoms with van der Waals surface area (Å²) in [5.74, 6) is 0.378. The molecule has 5 aromatic rings. The summed E-state index contributed by atoms with van der Waals surface area (Å²) >= 11 is 3.78. The van der Waals surface area contributed by atoms with Gasteiger partial charge in [-0.2, -0.15) is 0 Å². The number of hydrogen-bond acceptors (Lipinski definition) is 7. The second-order valence-corrected chi connectivity index (χ2v) is 10.8. The van der Waals surface area contributed by atoms with Crippen LogP contribution in [0.1, 0.15) is 33.8 Å². The van der Waals surface area contributed by atoms with E-state index >= 15 is 0 Å². The van der Waals surface area contributed by atoms with Crippen LogP contribution in [0.25, 0.3) is 21.3 Å². The first-order valence-electron chi connectivity index (χ1n) is 11.4. The molecule has 2 aromatic carbocycles. The number of amides is 1. The Hall–Kier alpha value is -3.64. The number of nitrogen functional groups attached to an aromatic ring is 1. The molecule has 0 fully saturated rings. The van der Waals surface area contributed by atoms with E-state index in [0.29, 0.717) is 23.7 Å². The molecule has 7 nitrogen and oxygen atoms in total. The van der Waals surface area contributed by atoms with Gasteiger partial charge >= 0.3 is 0 Å². The highest BCUT2D eigenvalue weighted by molar-refractivity contribution is 14.1. The van der Waals surface area contributed by atoms with Crippen molar-refractivity contribution in [2.45, 2.75) is 19.5 Å². The van der Waals surface area contributed by atoms with Gasteiger partial charge in [0.1, 0.15) is 23.8 Å². The summed E-state index contributed by atoms with van der Waals surface area (Å²) in [4.78, 5) is 28.1. The first-order valence-corrected chi connectivity index (χ1v) is 13.3. The van der Waals surface area contributed by atoms with Crippen molar-refractivity contribution >= 4 is 62.4 Å². The van der Waals surface area contributed by atoms with Gasteiger partial charge in [-0.15, -0.1) is 11.3 Å². The summed E-state index contributed by atoms with van der Waals surface area (Å²) in [5.41, 5.74) is 9.13. The van der Waals surface area contributed by atoms with Crippen LogP contribution in [-0.2, 0) is 6.54 Å². The maximum absolute atomic E-state index is 13.3. The molecule has 0 saturated heterocycles. The summed E-state index contributed by atoms with van der Waals surface area (Å²) in [7, 11) is 0. The molecular formula is C27H22FIN6OS. The van der Waals surface area contributed by atoms with E-state index in [1.165, 1.54) is 18.5 Å². The average molecular weight is 624 g/mol. The Bertz CT molecular complexity index is 1590. The van der Waals surface area contributed by atoms with Crippen LogP contribution in [0.2, 0.25) is 0 Å². The normalized spacial score (nSPS) is 11.9. The number of nitrogens with zero attached hydrogens (tertiary/aromatic N) is 3. The van der Waals surface area contributed by atoms with Crippen LogP contribution in [0.5, 0.6) is 0 Å². The number of nitrogens with one attached hydrogen (secondary N) is 2. The SMILES string of the molecule is C[C@H](NC(=O)c1cc(I)cnc1NCc1ccc(-c2ccc3ncnc(N)c3c2)s1)c1ccc(F)cc1. The first-order chi connectivity index (χ1) is 17.9. The van der Waals surface area contributed by atoms with Crippen LogP contribution in [0.3, 0.4) is 0 Å². The lowest BCUT2D eigenvalue weighted by atomic mass is 10.1. The Morgan fingerprint density at radius 1 is 1.08 bits per heavy atom. The summed E-state index contributed by atoms with van der Waals surface area (Å²) in [6.45, 7) is 2.37. The number of anilines is 2. The predicted molar refractivity (Wildman–Crippen MR) is 154 cm³/mol. The van der Waals surface area contributed by atoms with E-state index in [1.807, 2.05) is 31.2 Å². The van der Waals surface area contributed by atoms with Gasteiger partial charge in [-0.05, 0) is 83.1 Å². The van der Waals surface area contributed by atoms with E-state index in [4.69, 9.17) is 5.73 Å². The molecule has 0 saturated carbocycles. The van der Waals surface area contributed by atoms with Crippen LogP contribution >= 0.6 is 33.9 Å². The molecule has 1 amide bonds. The molecule has 10 heteroatoms. The third kappa shape index (κ3) is 5.70. The van der Waals surface area contributed by atoms with Gasteiger partial charge in [0, 0.05) is 24.9 Å². The number of nitrogens with two attached hydrogens (primary N) is 1. The van der Waals surface area contributed by atoms with E-state index in [0.717, 1.165) is 35.4 Å². The van der Waals surface area contributed by atoms with Gasteiger partial charge in [0.05, 0.1) is 23.7 Å². The highest BCUT2D eigenvalue weighted by Crippen LogP contribution is 2.31. The molecule has 0 unspecified atom stereocenters. The Labute approximate surface area is 230 Å². The maximum Gasteiger partial charge on any atom is 0.255 e. The molecule has 0 bridgehead atoms. The monoisotopic (exact) mass is 624 g/mol. The summed E-state index contributed by atoms with van der Waals surface area (Å²) in [5, 5.41) is 7.11. The van der Waals surface area contributed by atoms with Crippen molar-refractivity contribution in [2.75, 3.05) is 11.1 Å². The molecule has 3 heterocycles. The van der Waals surface area contributed by atoms with Crippen molar-refractivity contribution in [3.63, 3.8) is 0 Å². The molecule has 0 aliphatic heterocycles. The van der Waals surface area contributed by atoms with Crippen LogP contribution < -0.4 is 16.4 Å². The molecule has 186 valence electrons. The van der Waals surface area contributed by atoms with Gasteiger partial charge in [0.2, 0.25) is 0 Å².